The fourth-order valence-electron chi connectivity index (χ4n) is 3.59. The molecule has 0 aliphatic carbocycles. The Morgan fingerprint density at radius 3 is 2.53 bits per heavy atom. The summed E-state index contributed by atoms with van der Waals surface area (Å²) in [4.78, 5) is 4.75. The van der Waals surface area contributed by atoms with E-state index in [2.05, 4.69) is 52.9 Å². The van der Waals surface area contributed by atoms with E-state index in [-0.39, 0.29) is 0 Å². The van der Waals surface area contributed by atoms with Gasteiger partial charge in [-0.1, -0.05) is 36.4 Å². The van der Waals surface area contributed by atoms with E-state index in [9.17, 15) is 0 Å². The SMILES string of the molecule is CCNC(=NCc1cnn(-c2ccccc2)c1)NCc1ccccc1-n1nc(C)cc1C. The molecule has 32 heavy (non-hydrogen) atoms. The Bertz CT molecular complexity index is 1190. The van der Waals surface area contributed by atoms with E-state index in [4.69, 9.17) is 4.99 Å². The maximum atomic E-state index is 4.75. The van der Waals surface area contributed by atoms with Gasteiger partial charge >= 0.3 is 0 Å². The number of hydrogen-bond acceptors (Lipinski definition) is 3. The second-order valence-electron chi connectivity index (χ2n) is 7.65. The Hall–Kier alpha value is -3.87. The summed E-state index contributed by atoms with van der Waals surface area (Å²) in [6, 6.07) is 20.5. The minimum atomic E-state index is 0.543. The van der Waals surface area contributed by atoms with Crippen LogP contribution in [0.1, 0.15) is 29.4 Å². The first-order chi connectivity index (χ1) is 15.6. The van der Waals surface area contributed by atoms with Crippen LogP contribution in [0, 0.1) is 13.8 Å². The number of aromatic nitrogens is 4. The molecular weight excluding hydrogens is 398 g/mol. The number of nitrogens with one attached hydrogen (secondary N) is 2. The van der Waals surface area contributed by atoms with E-state index in [1.54, 1.807) is 0 Å². The Kier molecular flexibility index (Phi) is 6.65. The number of benzene rings is 2. The molecule has 2 aromatic carbocycles. The van der Waals surface area contributed by atoms with Crippen LogP contribution in [0.25, 0.3) is 11.4 Å². The van der Waals surface area contributed by atoms with E-state index in [0.717, 1.165) is 46.4 Å². The third-order valence-corrected chi connectivity index (χ3v) is 5.10. The van der Waals surface area contributed by atoms with Crippen LogP contribution in [0.4, 0.5) is 0 Å². The zero-order chi connectivity index (χ0) is 22.3. The van der Waals surface area contributed by atoms with Crippen LogP contribution in [-0.2, 0) is 13.1 Å². The minimum Gasteiger partial charge on any atom is -0.357 e. The fourth-order valence-corrected chi connectivity index (χ4v) is 3.59. The second-order valence-corrected chi connectivity index (χ2v) is 7.65. The maximum Gasteiger partial charge on any atom is 0.191 e. The van der Waals surface area contributed by atoms with Crippen molar-refractivity contribution in [2.75, 3.05) is 6.54 Å². The predicted molar refractivity (Wildman–Crippen MR) is 128 cm³/mol. The van der Waals surface area contributed by atoms with Crippen molar-refractivity contribution in [2.24, 2.45) is 4.99 Å². The molecule has 0 unspecified atom stereocenters. The van der Waals surface area contributed by atoms with Crippen molar-refractivity contribution in [1.29, 1.82) is 0 Å². The first kappa shape index (κ1) is 21.4. The van der Waals surface area contributed by atoms with Gasteiger partial charge in [0.2, 0.25) is 0 Å². The minimum absolute atomic E-state index is 0.543. The lowest BCUT2D eigenvalue weighted by molar-refractivity contribution is 0.783. The summed E-state index contributed by atoms with van der Waals surface area (Å²) in [5, 5.41) is 15.9. The van der Waals surface area contributed by atoms with Gasteiger partial charge < -0.3 is 10.6 Å². The molecule has 0 aliphatic rings. The fraction of sp³-hybridized carbons (Fsp3) is 0.240. The molecule has 0 aliphatic heterocycles. The van der Waals surface area contributed by atoms with Gasteiger partial charge in [-0.3, -0.25) is 0 Å². The van der Waals surface area contributed by atoms with Crippen LogP contribution in [-0.4, -0.2) is 32.1 Å². The zero-order valence-electron chi connectivity index (χ0n) is 18.8. The number of nitrogens with zero attached hydrogens (tertiary/aromatic N) is 5. The predicted octanol–water partition coefficient (Wildman–Crippen LogP) is 3.93. The van der Waals surface area contributed by atoms with Gasteiger partial charge in [-0.25, -0.2) is 14.4 Å². The molecule has 0 saturated carbocycles. The van der Waals surface area contributed by atoms with Crippen molar-refractivity contribution in [3.05, 3.63) is 95.6 Å². The molecule has 0 atom stereocenters. The largest absolute Gasteiger partial charge is 0.357 e. The second kappa shape index (κ2) is 9.96. The molecule has 0 radical (unpaired) electrons. The standard InChI is InChI=1S/C25H29N7/c1-4-26-25(27-15-21-16-29-31(18-21)23-11-6-5-7-12-23)28-17-22-10-8-9-13-24(22)32-20(3)14-19(2)30-32/h5-14,16,18H,4,15,17H2,1-3H3,(H2,26,27,28). The van der Waals surface area contributed by atoms with Gasteiger partial charge in [0, 0.05) is 30.5 Å². The van der Waals surface area contributed by atoms with Crippen LogP contribution in [0.5, 0.6) is 0 Å². The summed E-state index contributed by atoms with van der Waals surface area (Å²) in [5.41, 5.74) is 6.44. The van der Waals surface area contributed by atoms with Gasteiger partial charge in [-0.05, 0) is 50.6 Å². The van der Waals surface area contributed by atoms with Crippen molar-refractivity contribution in [1.82, 2.24) is 30.2 Å². The highest BCUT2D eigenvalue weighted by Gasteiger charge is 2.09. The lowest BCUT2D eigenvalue weighted by Crippen LogP contribution is -2.37. The number of aliphatic imine (C=N–C) groups is 1. The van der Waals surface area contributed by atoms with Crippen molar-refractivity contribution in [3.63, 3.8) is 0 Å². The molecule has 7 nitrogen and oxygen atoms in total. The Morgan fingerprint density at radius 1 is 1.00 bits per heavy atom. The maximum absolute atomic E-state index is 4.75. The molecule has 4 aromatic rings. The first-order valence-electron chi connectivity index (χ1n) is 10.9. The van der Waals surface area contributed by atoms with Crippen molar-refractivity contribution >= 4 is 5.96 Å². The van der Waals surface area contributed by atoms with Gasteiger partial charge in [-0.15, -0.1) is 0 Å². The topological polar surface area (TPSA) is 72.1 Å². The Labute approximate surface area is 188 Å². The molecule has 2 aromatic heterocycles. The quantitative estimate of drug-likeness (QED) is 0.346. The molecular formula is C25H29N7. The molecule has 0 saturated heterocycles. The lowest BCUT2D eigenvalue weighted by atomic mass is 10.1. The van der Waals surface area contributed by atoms with E-state index >= 15 is 0 Å². The highest BCUT2D eigenvalue weighted by Crippen LogP contribution is 2.17. The molecule has 0 fully saturated rings. The summed E-state index contributed by atoms with van der Waals surface area (Å²) in [6.45, 7) is 8.12. The highest BCUT2D eigenvalue weighted by atomic mass is 15.3. The summed E-state index contributed by atoms with van der Waals surface area (Å²) in [6.07, 6.45) is 3.87. The third kappa shape index (κ3) is 5.06. The normalized spacial score (nSPS) is 11.5. The first-order valence-corrected chi connectivity index (χ1v) is 10.9. The Morgan fingerprint density at radius 2 is 1.78 bits per heavy atom. The summed E-state index contributed by atoms with van der Waals surface area (Å²) in [7, 11) is 0. The highest BCUT2D eigenvalue weighted by molar-refractivity contribution is 5.79. The molecule has 164 valence electrons. The number of hydrogen-bond donors (Lipinski definition) is 2. The number of aryl methyl sites for hydroxylation is 2. The lowest BCUT2D eigenvalue weighted by Gasteiger charge is -2.14. The van der Waals surface area contributed by atoms with Gasteiger partial charge in [0.05, 0.1) is 29.8 Å². The molecule has 7 heteroatoms. The van der Waals surface area contributed by atoms with Crippen molar-refractivity contribution in [2.45, 2.75) is 33.9 Å². The smallest absolute Gasteiger partial charge is 0.191 e. The van der Waals surface area contributed by atoms with E-state index in [0.29, 0.717) is 13.1 Å². The van der Waals surface area contributed by atoms with Crippen LogP contribution in [0.2, 0.25) is 0 Å². The zero-order valence-corrected chi connectivity index (χ0v) is 18.8. The molecule has 4 rings (SSSR count). The van der Waals surface area contributed by atoms with Crippen LogP contribution >= 0.6 is 0 Å². The molecule has 0 spiro atoms. The van der Waals surface area contributed by atoms with Gasteiger partial charge in [-0.2, -0.15) is 10.2 Å². The third-order valence-electron chi connectivity index (χ3n) is 5.10. The van der Waals surface area contributed by atoms with Gasteiger partial charge in [0.1, 0.15) is 0 Å². The summed E-state index contributed by atoms with van der Waals surface area (Å²) in [5.74, 6) is 0.767. The van der Waals surface area contributed by atoms with E-state index in [1.807, 2.05) is 71.1 Å². The monoisotopic (exact) mass is 427 g/mol. The molecule has 2 heterocycles. The molecule has 2 N–H and O–H groups in total. The summed E-state index contributed by atoms with van der Waals surface area (Å²) >= 11 is 0. The number of guanidine groups is 1. The van der Waals surface area contributed by atoms with Crippen molar-refractivity contribution in [3.8, 4) is 11.4 Å². The van der Waals surface area contributed by atoms with Crippen LogP contribution < -0.4 is 10.6 Å². The van der Waals surface area contributed by atoms with Crippen LogP contribution in [0.15, 0.2) is 78.0 Å². The van der Waals surface area contributed by atoms with E-state index < -0.39 is 0 Å². The average Bonchev–Trinajstić information content (AvgIpc) is 3.42. The molecule has 0 bridgehead atoms. The molecule has 0 amide bonds. The van der Waals surface area contributed by atoms with Crippen molar-refractivity contribution < 1.29 is 0 Å². The summed E-state index contributed by atoms with van der Waals surface area (Å²) < 4.78 is 3.87. The van der Waals surface area contributed by atoms with Crippen LogP contribution in [0.3, 0.4) is 0 Å². The average molecular weight is 428 g/mol. The van der Waals surface area contributed by atoms with Gasteiger partial charge in [0.25, 0.3) is 0 Å². The number of rotatable bonds is 7. The Balaban J connectivity index is 1.46. The number of para-hydroxylation sites is 2. The van der Waals surface area contributed by atoms with E-state index in [1.165, 1.54) is 0 Å². The van der Waals surface area contributed by atoms with Gasteiger partial charge in [0.15, 0.2) is 5.96 Å².